The number of phenols is 1. The van der Waals surface area contributed by atoms with Gasteiger partial charge in [0.05, 0.1) is 38.8 Å². The summed E-state index contributed by atoms with van der Waals surface area (Å²) in [6.45, 7) is 0. The number of alkyl halides is 6. The average Bonchev–Trinajstić information content (AvgIpc) is 3.56. The summed E-state index contributed by atoms with van der Waals surface area (Å²) in [5, 5.41) is 13.1. The van der Waals surface area contributed by atoms with Crippen LogP contribution in [0.3, 0.4) is 0 Å². The number of imide groups is 2. The highest BCUT2D eigenvalue weighted by Crippen LogP contribution is 2.65. The average molecular weight is 959 g/mol. The number of aromatic hydroxyl groups is 1. The molecule has 21 heteroatoms. The number of carbonyl (C=O) groups excluding carboxylic acids is 4. The third-order valence-corrected chi connectivity index (χ3v) is 12.9. The SMILES string of the molecule is CN(c1nc(C(F)(F)F)ccc1Cl)N1C(=O)[C@H]2[C@H](CC=C3[C@H]2C[C@H]2C(=O)N(Nc4ncc(C(F)(F)F)cc4Cl)C(=O)[C@@]2(c2ccc(Cl)cc2)[C@H]3c2cc(Br)ccc2O)C1=O. The Morgan fingerprint density at radius 1 is 0.883 bits per heavy atom. The van der Waals surface area contributed by atoms with Crippen LogP contribution in [-0.2, 0) is 36.9 Å². The van der Waals surface area contributed by atoms with E-state index in [0.717, 1.165) is 18.1 Å². The normalized spacial score (nSPS) is 25.2. The summed E-state index contributed by atoms with van der Waals surface area (Å²) in [5.41, 5.74) is -1.17. The molecule has 3 fully saturated rings. The molecule has 0 bridgehead atoms. The lowest BCUT2D eigenvalue weighted by Gasteiger charge is -2.50. The lowest BCUT2D eigenvalue weighted by atomic mass is 9.49. The molecule has 2 N–H and O–H groups in total. The van der Waals surface area contributed by atoms with Crippen molar-refractivity contribution < 1.29 is 50.6 Å². The number of allylic oxidation sites excluding steroid dienone is 2. The van der Waals surface area contributed by atoms with E-state index < -0.39 is 98.9 Å². The topological polar surface area (TPSA) is 136 Å². The van der Waals surface area contributed by atoms with Crippen LogP contribution in [0.2, 0.25) is 15.1 Å². The fourth-order valence-corrected chi connectivity index (χ4v) is 10.0. The Morgan fingerprint density at radius 2 is 1.58 bits per heavy atom. The number of benzene rings is 2. The number of aromatic nitrogens is 2. The first kappa shape index (κ1) is 41.8. The molecule has 6 atom stereocenters. The molecule has 2 aromatic carbocycles. The predicted molar refractivity (Wildman–Crippen MR) is 207 cm³/mol. The Morgan fingerprint density at radius 3 is 2.23 bits per heavy atom. The number of hydrazine groups is 2. The van der Waals surface area contributed by atoms with Crippen LogP contribution >= 0.6 is 50.7 Å². The van der Waals surface area contributed by atoms with Crippen LogP contribution in [-0.4, -0.2) is 55.8 Å². The summed E-state index contributed by atoms with van der Waals surface area (Å²) in [5.74, 6) is -10.7. The van der Waals surface area contributed by atoms with Gasteiger partial charge in [-0.15, -0.1) is 0 Å². The van der Waals surface area contributed by atoms with Gasteiger partial charge in [-0.3, -0.25) is 29.6 Å². The molecule has 2 aromatic heterocycles. The van der Waals surface area contributed by atoms with E-state index in [2.05, 4.69) is 31.3 Å². The number of phenolic OH excluding ortho intramolecular Hbond substituents is 1. The zero-order valence-corrected chi connectivity index (χ0v) is 34.2. The second kappa shape index (κ2) is 14.6. The second-order valence-corrected chi connectivity index (χ2v) is 16.8. The van der Waals surface area contributed by atoms with Crippen LogP contribution in [0.1, 0.15) is 41.1 Å². The number of hydrogen-bond acceptors (Lipinski definition) is 9. The molecule has 60 heavy (non-hydrogen) atoms. The molecule has 0 radical (unpaired) electrons. The first-order chi connectivity index (χ1) is 28.2. The van der Waals surface area contributed by atoms with E-state index in [1.165, 1.54) is 42.5 Å². The van der Waals surface area contributed by atoms with Crippen LogP contribution in [0.15, 0.2) is 83.0 Å². The zero-order chi connectivity index (χ0) is 43.4. The first-order valence-corrected chi connectivity index (χ1v) is 19.8. The van der Waals surface area contributed by atoms with Gasteiger partial charge in [-0.05, 0) is 72.9 Å². The Balaban J connectivity index is 1.28. The van der Waals surface area contributed by atoms with E-state index in [4.69, 9.17) is 34.8 Å². The van der Waals surface area contributed by atoms with Gasteiger partial charge in [0.15, 0.2) is 11.6 Å². The third-order valence-electron chi connectivity index (χ3n) is 11.6. The van der Waals surface area contributed by atoms with Crippen LogP contribution < -0.4 is 10.4 Å². The van der Waals surface area contributed by atoms with Crippen molar-refractivity contribution in [3.8, 4) is 5.75 Å². The predicted octanol–water partition coefficient (Wildman–Crippen LogP) is 8.98. The number of carbonyl (C=O) groups is 4. The second-order valence-electron chi connectivity index (χ2n) is 14.6. The van der Waals surface area contributed by atoms with Crippen molar-refractivity contribution in [2.75, 3.05) is 17.5 Å². The summed E-state index contributed by atoms with van der Waals surface area (Å²) < 4.78 is 82.1. The van der Waals surface area contributed by atoms with E-state index in [9.17, 15) is 45.8 Å². The summed E-state index contributed by atoms with van der Waals surface area (Å²) in [4.78, 5) is 66.4. The van der Waals surface area contributed by atoms with Crippen molar-refractivity contribution in [1.29, 1.82) is 0 Å². The molecule has 4 heterocycles. The van der Waals surface area contributed by atoms with E-state index in [1.54, 1.807) is 6.08 Å². The molecule has 8 rings (SSSR count). The number of amides is 4. The standard InChI is InChI=1S/C39H26BrCl3F6N6O5/c1-53(32-25(42)9-11-28(51-32)39(47,48)49)55-33(57)21-8-7-20-22(29(21)35(55)59)14-24-34(58)54(52-31-26(43)12-17(15-50-31)38(44,45)46)36(60)37(24,16-2-5-19(41)6-3-16)30(20)23-13-18(40)4-10-27(23)56/h2-7,9-13,15,21-22,24,29-30,56H,8,14H2,1H3,(H,50,52)/t21-,22+,24-,29-,30+,37+/m0/s1. The smallest absolute Gasteiger partial charge is 0.433 e. The lowest BCUT2D eigenvalue weighted by molar-refractivity contribution is -0.142. The van der Waals surface area contributed by atoms with Crippen molar-refractivity contribution >= 4 is 86.0 Å². The number of nitrogens with zero attached hydrogens (tertiary/aromatic N) is 5. The molecule has 2 aliphatic heterocycles. The van der Waals surface area contributed by atoms with Gasteiger partial charge in [-0.2, -0.15) is 36.4 Å². The van der Waals surface area contributed by atoms with Gasteiger partial charge in [-0.25, -0.2) is 9.97 Å². The summed E-state index contributed by atoms with van der Waals surface area (Å²) in [6, 6.07) is 12.6. The van der Waals surface area contributed by atoms with Gasteiger partial charge in [0.1, 0.15) is 11.4 Å². The number of rotatable bonds is 6. The fraction of sp³-hybridized carbons (Fsp3) is 0.282. The summed E-state index contributed by atoms with van der Waals surface area (Å²) >= 11 is 22.2. The monoisotopic (exact) mass is 956 g/mol. The van der Waals surface area contributed by atoms with Gasteiger partial charge in [0, 0.05) is 34.2 Å². The maximum Gasteiger partial charge on any atom is 0.433 e. The number of fused-ring (bicyclic) bond motifs is 4. The van der Waals surface area contributed by atoms with E-state index in [-0.39, 0.29) is 39.8 Å². The number of anilines is 2. The lowest BCUT2D eigenvalue weighted by Crippen LogP contribution is -2.53. The Bertz CT molecular complexity index is 2550. The molecule has 4 aromatic rings. The van der Waals surface area contributed by atoms with Gasteiger partial charge in [-0.1, -0.05) is 74.5 Å². The third kappa shape index (κ3) is 6.48. The van der Waals surface area contributed by atoms with Gasteiger partial charge < -0.3 is 5.11 Å². The largest absolute Gasteiger partial charge is 0.508 e. The quantitative estimate of drug-likeness (QED) is 0.110. The highest BCUT2D eigenvalue weighted by molar-refractivity contribution is 9.10. The number of halogens is 10. The first-order valence-electron chi connectivity index (χ1n) is 17.8. The minimum Gasteiger partial charge on any atom is -0.508 e. The Kier molecular flexibility index (Phi) is 10.2. The van der Waals surface area contributed by atoms with E-state index in [1.807, 2.05) is 0 Å². The minimum atomic E-state index is -4.89. The molecule has 312 valence electrons. The highest BCUT2D eigenvalue weighted by Gasteiger charge is 2.71. The van der Waals surface area contributed by atoms with Gasteiger partial charge in [0.2, 0.25) is 0 Å². The Hall–Kier alpha value is -4.91. The molecule has 11 nitrogen and oxygen atoms in total. The maximum atomic E-state index is 15.3. The number of hydrogen-bond donors (Lipinski definition) is 2. The number of nitrogens with one attached hydrogen (secondary N) is 1. The molecule has 4 amide bonds. The molecule has 0 spiro atoms. The van der Waals surface area contributed by atoms with Gasteiger partial charge in [0.25, 0.3) is 23.6 Å². The molecule has 2 saturated heterocycles. The number of pyridine rings is 2. The van der Waals surface area contributed by atoms with E-state index in [0.29, 0.717) is 38.4 Å². The zero-order valence-electron chi connectivity index (χ0n) is 30.3. The van der Waals surface area contributed by atoms with E-state index >= 15 is 4.79 Å². The Labute approximate surface area is 359 Å². The van der Waals surface area contributed by atoms with Crippen molar-refractivity contribution in [2.24, 2.45) is 23.7 Å². The van der Waals surface area contributed by atoms with Crippen LogP contribution in [0, 0.1) is 23.7 Å². The van der Waals surface area contributed by atoms with Crippen LogP contribution in [0.4, 0.5) is 38.0 Å². The van der Waals surface area contributed by atoms with Crippen molar-refractivity contribution in [3.63, 3.8) is 0 Å². The van der Waals surface area contributed by atoms with Crippen molar-refractivity contribution in [1.82, 2.24) is 20.0 Å². The fourth-order valence-electron chi connectivity index (χ4n) is 9.07. The molecule has 1 saturated carbocycles. The van der Waals surface area contributed by atoms with Crippen molar-refractivity contribution in [3.05, 3.63) is 120 Å². The summed E-state index contributed by atoms with van der Waals surface area (Å²) in [7, 11) is 1.16. The molecule has 4 aliphatic rings. The minimum absolute atomic E-state index is 0.100. The summed E-state index contributed by atoms with van der Waals surface area (Å²) in [6.07, 6.45) is -7.94. The van der Waals surface area contributed by atoms with Crippen molar-refractivity contribution in [2.45, 2.75) is 36.5 Å². The highest BCUT2D eigenvalue weighted by atomic mass is 79.9. The molecule has 0 unspecified atom stereocenters. The molecule has 2 aliphatic carbocycles. The van der Waals surface area contributed by atoms with Crippen LogP contribution in [0.5, 0.6) is 5.75 Å². The molecular formula is C39H26BrCl3F6N6O5. The molecular weight excluding hydrogens is 933 g/mol. The van der Waals surface area contributed by atoms with Crippen LogP contribution in [0.25, 0.3) is 0 Å². The maximum absolute atomic E-state index is 15.3. The van der Waals surface area contributed by atoms with Gasteiger partial charge >= 0.3 is 12.4 Å².